The van der Waals surface area contributed by atoms with E-state index < -0.39 is 126 Å². The molecule has 1 fully saturated rings. The molecule has 7 amide bonds. The van der Waals surface area contributed by atoms with E-state index in [-0.39, 0.29) is 68.2 Å². The number of hydrogen-bond donors (Lipinski definition) is 11. The van der Waals surface area contributed by atoms with Gasteiger partial charge < -0.3 is 42.7 Å². The number of carbonyl (C=O) groups is 11. The molecule has 2 aromatic rings. The standard InChI is InChI=1S/C49H71N11O12S/c1-6-29(5)43-46(69)45(68)35(21-30-12-14-32(61)15-13-30)54-41(65)11-8-18-73-26-37(57-48(71)36(22-40(51)64)56-47(70)33(58-59-43)16-17-39(50)63)49(72)60(24-31-10-7-9-28(4)20-31)25-42(66)55-34(19-27(2)3)44(67)38(62)23-53-52/h7,9-10,12-15,20,27,29,33-37,43,53,58-59,61H,6,8,11,16-19,21-26,52H2,1-5H3,(H2,50,63)(H2,51,64)(H,54,65)(H,55,66)(H,56,70)(H,57,71)/t29-,33-,34-,35-,36-,37-,43?/m0/s1. The van der Waals surface area contributed by atoms with Gasteiger partial charge in [0.2, 0.25) is 64.5 Å². The average Bonchev–Trinajstić information content (AvgIpc) is 3.32. The van der Waals surface area contributed by atoms with Gasteiger partial charge in [0.25, 0.3) is 0 Å². The molecule has 400 valence electrons. The van der Waals surface area contributed by atoms with Crippen molar-refractivity contribution in [1.82, 2.24) is 42.4 Å². The van der Waals surface area contributed by atoms with Gasteiger partial charge in [0, 0.05) is 31.6 Å². The molecule has 24 heteroatoms. The van der Waals surface area contributed by atoms with Crippen molar-refractivity contribution in [1.29, 1.82) is 0 Å². The van der Waals surface area contributed by atoms with E-state index >= 15 is 0 Å². The third-order valence-electron chi connectivity index (χ3n) is 11.8. The van der Waals surface area contributed by atoms with Crippen LogP contribution in [0.25, 0.3) is 0 Å². The van der Waals surface area contributed by atoms with Crippen LogP contribution in [0.3, 0.4) is 0 Å². The number of amides is 7. The highest BCUT2D eigenvalue weighted by Gasteiger charge is 2.38. The first-order valence-electron chi connectivity index (χ1n) is 24.1. The largest absolute Gasteiger partial charge is 0.508 e. The molecule has 73 heavy (non-hydrogen) atoms. The molecule has 23 nitrogen and oxygen atoms in total. The zero-order valence-corrected chi connectivity index (χ0v) is 42.8. The Morgan fingerprint density at radius 1 is 0.849 bits per heavy atom. The molecule has 1 unspecified atom stereocenters. The summed E-state index contributed by atoms with van der Waals surface area (Å²) in [6.45, 7) is 7.48. The first kappa shape index (κ1) is 60.7. The molecule has 2 aromatic carbocycles. The van der Waals surface area contributed by atoms with Gasteiger partial charge in [-0.1, -0.05) is 76.1 Å². The third-order valence-corrected chi connectivity index (χ3v) is 12.9. The zero-order valence-electron chi connectivity index (χ0n) is 42.0. The number of phenolic OH excluding ortho intramolecular Hbond substituents is 1. The van der Waals surface area contributed by atoms with Crippen molar-refractivity contribution in [2.24, 2.45) is 29.1 Å². The van der Waals surface area contributed by atoms with Crippen LogP contribution in [0.5, 0.6) is 5.75 Å². The molecule has 3 rings (SSSR count). The lowest BCUT2D eigenvalue weighted by Gasteiger charge is -2.30. The normalized spacial score (nSPS) is 20.6. The fraction of sp³-hybridized carbons (Fsp3) is 0.531. The fourth-order valence-corrected chi connectivity index (χ4v) is 8.71. The number of phenols is 1. The van der Waals surface area contributed by atoms with Crippen LogP contribution in [0, 0.1) is 18.8 Å². The smallest absolute Gasteiger partial charge is 0.246 e. The number of primary amides is 2. The van der Waals surface area contributed by atoms with Crippen molar-refractivity contribution >= 4 is 76.2 Å². The van der Waals surface area contributed by atoms with E-state index in [1.165, 1.54) is 24.3 Å². The molecule has 0 spiro atoms. The first-order valence-corrected chi connectivity index (χ1v) is 25.2. The van der Waals surface area contributed by atoms with E-state index in [4.69, 9.17) is 17.3 Å². The Labute approximate surface area is 428 Å². The van der Waals surface area contributed by atoms with Crippen molar-refractivity contribution in [2.75, 3.05) is 24.6 Å². The zero-order chi connectivity index (χ0) is 54.4. The van der Waals surface area contributed by atoms with Gasteiger partial charge in [0.1, 0.15) is 23.9 Å². The molecule has 0 bridgehead atoms. The summed E-state index contributed by atoms with van der Waals surface area (Å²) < 4.78 is 0. The molecule has 1 heterocycles. The van der Waals surface area contributed by atoms with Crippen LogP contribution in [0.15, 0.2) is 48.5 Å². The Kier molecular flexibility index (Phi) is 25.3. The summed E-state index contributed by atoms with van der Waals surface area (Å²) >= 11 is 1.13. The molecule has 1 saturated heterocycles. The molecule has 1 aliphatic rings. The Hall–Kier alpha value is -6.60. The number of ketones is 4. The van der Waals surface area contributed by atoms with Crippen LogP contribution in [0.2, 0.25) is 0 Å². The second-order valence-corrected chi connectivity index (χ2v) is 19.7. The summed E-state index contributed by atoms with van der Waals surface area (Å²) in [7, 11) is 0. The number of aromatic hydroxyl groups is 1. The van der Waals surface area contributed by atoms with Gasteiger partial charge in [-0.2, -0.15) is 11.8 Å². The van der Waals surface area contributed by atoms with Gasteiger partial charge >= 0.3 is 0 Å². The number of Topliss-reactive ketones (excluding diaryl/α,β-unsaturated/α-hetero) is 4. The molecule has 0 aliphatic carbocycles. The van der Waals surface area contributed by atoms with Gasteiger partial charge in [-0.3, -0.25) is 64.0 Å². The summed E-state index contributed by atoms with van der Waals surface area (Å²) in [4.78, 5) is 150. The van der Waals surface area contributed by atoms with Crippen LogP contribution < -0.4 is 54.9 Å². The summed E-state index contributed by atoms with van der Waals surface area (Å²) in [5.74, 6) is -5.25. The Morgan fingerprint density at radius 2 is 1.53 bits per heavy atom. The number of hydrogen-bond acceptors (Lipinski definition) is 17. The van der Waals surface area contributed by atoms with Gasteiger partial charge in [-0.05, 0) is 67.0 Å². The van der Waals surface area contributed by atoms with Gasteiger partial charge in [-0.15, -0.1) is 0 Å². The molecular weight excluding hydrogens is 967 g/mol. The minimum Gasteiger partial charge on any atom is -0.508 e. The van der Waals surface area contributed by atoms with E-state index in [9.17, 15) is 57.8 Å². The molecule has 0 saturated carbocycles. The van der Waals surface area contributed by atoms with Gasteiger partial charge in [0.15, 0.2) is 0 Å². The minimum absolute atomic E-state index is 0.0469. The maximum Gasteiger partial charge on any atom is 0.246 e. The lowest BCUT2D eigenvalue weighted by Crippen LogP contribution is -2.62. The van der Waals surface area contributed by atoms with Crippen LogP contribution >= 0.6 is 11.8 Å². The summed E-state index contributed by atoms with van der Waals surface area (Å²) in [6.07, 6.45) is -1.15. The van der Waals surface area contributed by atoms with Crippen LogP contribution in [-0.4, -0.2) is 135 Å². The van der Waals surface area contributed by atoms with Gasteiger partial charge in [0.05, 0.1) is 37.6 Å². The number of rotatable bonds is 21. The maximum atomic E-state index is 14.9. The second-order valence-electron chi connectivity index (χ2n) is 18.5. The third kappa shape index (κ3) is 20.8. The number of hydrazine groups is 2. The molecule has 7 atom stereocenters. The topological polar surface area (TPSA) is 374 Å². The van der Waals surface area contributed by atoms with E-state index in [1.54, 1.807) is 45.9 Å². The van der Waals surface area contributed by atoms with Crippen molar-refractivity contribution in [3.05, 3.63) is 65.2 Å². The number of carbonyl (C=O) groups excluding carboxylic acids is 11. The Morgan fingerprint density at radius 3 is 2.15 bits per heavy atom. The van der Waals surface area contributed by atoms with Crippen LogP contribution in [0.4, 0.5) is 0 Å². The van der Waals surface area contributed by atoms with Crippen molar-refractivity contribution in [3.63, 3.8) is 0 Å². The predicted octanol–water partition coefficient (Wildman–Crippen LogP) is -1.46. The average molecular weight is 1040 g/mol. The minimum atomic E-state index is -1.73. The molecule has 1 aliphatic heterocycles. The predicted molar refractivity (Wildman–Crippen MR) is 270 cm³/mol. The number of nitrogens with zero attached hydrogens (tertiary/aromatic N) is 1. The number of benzene rings is 2. The monoisotopic (exact) mass is 1040 g/mol. The quantitative estimate of drug-likeness (QED) is 0.0387. The Balaban J connectivity index is 2.12. The van der Waals surface area contributed by atoms with Crippen molar-refractivity contribution < 1.29 is 57.8 Å². The fourth-order valence-electron chi connectivity index (χ4n) is 7.74. The Bertz CT molecular complexity index is 2300. The summed E-state index contributed by atoms with van der Waals surface area (Å²) in [5, 5.41) is 20.2. The maximum absolute atomic E-state index is 14.9. The van der Waals surface area contributed by atoms with Gasteiger partial charge in [-0.25, -0.2) is 10.9 Å². The number of thioether (sulfide) groups is 1. The van der Waals surface area contributed by atoms with E-state index in [1.807, 2.05) is 13.0 Å². The second kappa shape index (κ2) is 30.4. The van der Waals surface area contributed by atoms with Crippen LogP contribution in [0.1, 0.15) is 89.3 Å². The number of aryl methyl sites for hydroxylation is 1. The van der Waals surface area contributed by atoms with Crippen molar-refractivity contribution in [2.45, 2.75) is 129 Å². The molecule has 0 aromatic heterocycles. The highest BCUT2D eigenvalue weighted by Crippen LogP contribution is 2.18. The van der Waals surface area contributed by atoms with E-state index in [0.717, 1.165) is 22.2 Å². The van der Waals surface area contributed by atoms with E-state index in [0.29, 0.717) is 17.5 Å². The summed E-state index contributed by atoms with van der Waals surface area (Å²) in [6, 6.07) is 4.29. The highest BCUT2D eigenvalue weighted by atomic mass is 32.2. The van der Waals surface area contributed by atoms with E-state index in [2.05, 4.69) is 37.5 Å². The first-order chi connectivity index (χ1) is 34.5. The highest BCUT2D eigenvalue weighted by molar-refractivity contribution is 7.99. The summed E-state index contributed by atoms with van der Waals surface area (Å²) in [5.41, 5.74) is 20.5. The lowest BCUT2D eigenvalue weighted by atomic mass is 9.90. The van der Waals surface area contributed by atoms with Crippen LogP contribution in [-0.2, 0) is 65.7 Å². The SMILES string of the molecule is CC[C@H](C)C1NN[C@@H](CCC(N)=O)C(=O)N[C@@H](CC(N)=O)C(=O)N[C@H](C(=O)N(CC(=O)N[C@@H](CC(C)C)C(=O)C(=O)CNN)Cc2cccc(C)c2)CSCCCC(=O)N[C@@H](Cc2ccc(O)cc2)C(=O)C1=O. The number of nitrogens with two attached hydrogens (primary N) is 3. The van der Waals surface area contributed by atoms with Crippen molar-refractivity contribution in [3.8, 4) is 5.75 Å². The molecular formula is C49H71N11O12S. The molecule has 0 radical (unpaired) electrons. The molecule has 14 N–H and O–H groups in total. The lowest BCUT2D eigenvalue weighted by molar-refractivity contribution is -0.142. The number of nitrogens with one attached hydrogen (secondary N) is 7.